The summed E-state index contributed by atoms with van der Waals surface area (Å²) >= 11 is 6.44. The van der Waals surface area contributed by atoms with E-state index < -0.39 is 40.1 Å². The molecule has 3 nitrogen and oxygen atoms in total. The molecule has 0 aliphatic heterocycles. The first-order valence-corrected chi connectivity index (χ1v) is 10.2. The largest absolute Gasteiger partial charge is 0.417 e. The second-order valence-electron chi connectivity index (χ2n) is 7.25. The average molecular weight is 488 g/mol. The van der Waals surface area contributed by atoms with Gasteiger partial charge in [-0.25, -0.2) is 0 Å². The molecule has 0 spiro atoms. The fourth-order valence-electron chi connectivity index (χ4n) is 2.93. The number of aliphatic hydroxyl groups excluding tert-OH is 2. The van der Waals surface area contributed by atoms with E-state index in [1.807, 2.05) is 0 Å². The third kappa shape index (κ3) is 6.76. The summed E-state index contributed by atoms with van der Waals surface area (Å²) < 4.78 is 78.7. The van der Waals surface area contributed by atoms with Gasteiger partial charge in [-0.05, 0) is 49.6 Å². The van der Waals surface area contributed by atoms with Crippen LogP contribution in [-0.4, -0.2) is 22.9 Å². The topological polar surface area (TPSA) is 66.5 Å². The summed E-state index contributed by atoms with van der Waals surface area (Å²) in [5, 5.41) is 17.9. The third-order valence-electron chi connectivity index (χ3n) is 4.54. The fourth-order valence-corrected chi connectivity index (χ4v) is 4.17. The Bertz CT molecular complexity index is 900. The zero-order valence-electron chi connectivity index (χ0n) is 16.2. The summed E-state index contributed by atoms with van der Waals surface area (Å²) in [6.07, 6.45) is -10.6. The zero-order chi connectivity index (χ0) is 23.6. The zero-order valence-corrected chi connectivity index (χ0v) is 17.8. The molecule has 0 fully saturated rings. The lowest BCUT2D eigenvalue weighted by atomic mass is 9.87. The van der Waals surface area contributed by atoms with Gasteiger partial charge in [-0.3, -0.25) is 0 Å². The van der Waals surface area contributed by atoms with Gasteiger partial charge in [0.05, 0.1) is 22.3 Å². The number of hydrogen-bond acceptors (Lipinski definition) is 4. The van der Waals surface area contributed by atoms with Crippen LogP contribution in [0.5, 0.6) is 0 Å². The van der Waals surface area contributed by atoms with E-state index in [2.05, 4.69) is 0 Å². The fraction of sp³-hybridized carbons (Fsp3) is 0.400. The Morgan fingerprint density at radius 1 is 1.00 bits per heavy atom. The molecule has 2 unspecified atom stereocenters. The monoisotopic (exact) mass is 487 g/mol. The average Bonchev–Trinajstić information content (AvgIpc) is 2.61. The Morgan fingerprint density at radius 3 is 2.06 bits per heavy atom. The predicted molar refractivity (Wildman–Crippen MR) is 106 cm³/mol. The Kier molecular flexibility index (Phi) is 7.97. The summed E-state index contributed by atoms with van der Waals surface area (Å²) in [5.74, 6) is 0. The van der Waals surface area contributed by atoms with Crippen molar-refractivity contribution in [1.29, 1.82) is 0 Å². The van der Waals surface area contributed by atoms with Crippen molar-refractivity contribution in [2.75, 3.05) is 6.61 Å². The Morgan fingerprint density at radius 2 is 1.58 bits per heavy atom. The molecular formula is C20H20ClF6NO2S. The van der Waals surface area contributed by atoms with Gasteiger partial charge in [-0.2, -0.15) is 26.3 Å². The Labute approximate surface area is 184 Å². The first-order valence-electron chi connectivity index (χ1n) is 8.99. The van der Waals surface area contributed by atoms with Crippen molar-refractivity contribution in [1.82, 2.24) is 0 Å². The SMILES string of the molecule is CC(N)(CC(O)CCO)c1ccc(Sc2cc(C(F)(F)F)cc(C(F)(F)F)c2Cl)cc1. The second-order valence-corrected chi connectivity index (χ2v) is 8.74. The highest BCUT2D eigenvalue weighted by Gasteiger charge is 2.39. The molecule has 0 aromatic heterocycles. The molecule has 4 N–H and O–H groups in total. The third-order valence-corrected chi connectivity index (χ3v) is 6.10. The molecule has 0 aliphatic carbocycles. The molecule has 0 saturated heterocycles. The Hall–Kier alpha value is -1.46. The normalized spacial score (nSPS) is 15.6. The van der Waals surface area contributed by atoms with Crippen LogP contribution in [0, 0.1) is 0 Å². The van der Waals surface area contributed by atoms with Crippen LogP contribution in [0.2, 0.25) is 5.02 Å². The highest BCUT2D eigenvalue weighted by atomic mass is 35.5. The van der Waals surface area contributed by atoms with Gasteiger partial charge in [0, 0.05) is 21.9 Å². The van der Waals surface area contributed by atoms with Crippen LogP contribution < -0.4 is 5.73 Å². The van der Waals surface area contributed by atoms with Gasteiger partial charge in [0.1, 0.15) is 0 Å². The summed E-state index contributed by atoms with van der Waals surface area (Å²) in [5.41, 5.74) is 2.84. The van der Waals surface area contributed by atoms with Crippen LogP contribution in [0.4, 0.5) is 26.3 Å². The number of aliphatic hydroxyl groups is 2. The van der Waals surface area contributed by atoms with E-state index >= 15 is 0 Å². The molecule has 2 rings (SSSR count). The van der Waals surface area contributed by atoms with E-state index in [9.17, 15) is 31.4 Å². The first-order chi connectivity index (χ1) is 14.1. The molecule has 0 heterocycles. The summed E-state index contributed by atoms with van der Waals surface area (Å²) in [6, 6.07) is 6.70. The Balaban J connectivity index is 2.34. The summed E-state index contributed by atoms with van der Waals surface area (Å²) in [7, 11) is 0. The molecule has 2 atom stereocenters. The van der Waals surface area contributed by atoms with E-state index in [0.717, 1.165) is 0 Å². The van der Waals surface area contributed by atoms with E-state index in [0.29, 0.717) is 28.3 Å². The maximum atomic E-state index is 13.2. The van der Waals surface area contributed by atoms with Crippen molar-refractivity contribution in [2.45, 2.75) is 53.6 Å². The van der Waals surface area contributed by atoms with Gasteiger partial charge in [0.2, 0.25) is 0 Å². The van der Waals surface area contributed by atoms with Crippen molar-refractivity contribution in [3.05, 3.63) is 58.1 Å². The molecule has 0 saturated carbocycles. The number of halogens is 7. The molecule has 2 aromatic carbocycles. The van der Waals surface area contributed by atoms with Crippen molar-refractivity contribution in [3.8, 4) is 0 Å². The summed E-state index contributed by atoms with van der Waals surface area (Å²) in [6.45, 7) is 1.46. The van der Waals surface area contributed by atoms with Crippen LogP contribution in [0.25, 0.3) is 0 Å². The minimum absolute atomic E-state index is 0.00690. The number of rotatable bonds is 7. The van der Waals surface area contributed by atoms with Crippen LogP contribution in [0.1, 0.15) is 36.5 Å². The lowest BCUT2D eigenvalue weighted by Gasteiger charge is -2.28. The number of nitrogens with two attached hydrogens (primary N) is 1. The molecule has 11 heteroatoms. The van der Waals surface area contributed by atoms with Crippen LogP contribution >= 0.6 is 23.4 Å². The standard InChI is InChI=1S/C20H20ClF6NO2S/c1-18(28,10-13(30)6-7-29)11-2-4-14(5-3-11)31-16-9-12(19(22,23)24)8-15(17(16)21)20(25,26)27/h2-5,8-9,13,29-30H,6-7,10,28H2,1H3. The molecule has 0 bridgehead atoms. The lowest BCUT2D eigenvalue weighted by Crippen LogP contribution is -2.37. The van der Waals surface area contributed by atoms with Crippen LogP contribution in [0.3, 0.4) is 0 Å². The maximum absolute atomic E-state index is 13.2. The molecule has 31 heavy (non-hydrogen) atoms. The van der Waals surface area contributed by atoms with E-state index in [1.165, 1.54) is 12.1 Å². The van der Waals surface area contributed by atoms with E-state index in [4.69, 9.17) is 22.4 Å². The van der Waals surface area contributed by atoms with Crippen LogP contribution in [0.15, 0.2) is 46.2 Å². The van der Waals surface area contributed by atoms with Gasteiger partial charge in [-0.15, -0.1) is 0 Å². The van der Waals surface area contributed by atoms with Crippen molar-refractivity contribution in [3.63, 3.8) is 0 Å². The smallest absolute Gasteiger partial charge is 0.396 e. The first kappa shape index (κ1) is 25.8. The van der Waals surface area contributed by atoms with Gasteiger partial charge in [-0.1, -0.05) is 35.5 Å². The van der Waals surface area contributed by atoms with Gasteiger partial charge in [0.15, 0.2) is 0 Å². The predicted octanol–water partition coefficient (Wildman–Crippen LogP) is 5.84. The second kappa shape index (κ2) is 9.58. The van der Waals surface area contributed by atoms with E-state index in [-0.39, 0.29) is 30.4 Å². The van der Waals surface area contributed by atoms with Crippen LogP contribution in [-0.2, 0) is 17.9 Å². The number of hydrogen-bond donors (Lipinski definition) is 3. The lowest BCUT2D eigenvalue weighted by molar-refractivity contribution is -0.143. The van der Waals surface area contributed by atoms with E-state index in [1.54, 1.807) is 19.1 Å². The molecule has 0 radical (unpaired) electrons. The molecule has 172 valence electrons. The number of alkyl halides is 6. The highest BCUT2D eigenvalue weighted by Crippen LogP contribution is 2.45. The summed E-state index contributed by atoms with van der Waals surface area (Å²) in [4.78, 5) is -0.0322. The molecule has 0 amide bonds. The van der Waals surface area contributed by atoms with Crippen molar-refractivity contribution < 1.29 is 36.6 Å². The van der Waals surface area contributed by atoms with Crippen molar-refractivity contribution >= 4 is 23.4 Å². The van der Waals surface area contributed by atoms with Gasteiger partial charge in [0.25, 0.3) is 0 Å². The van der Waals surface area contributed by atoms with Gasteiger partial charge >= 0.3 is 12.4 Å². The minimum atomic E-state index is -5.05. The molecule has 0 aliphatic rings. The maximum Gasteiger partial charge on any atom is 0.417 e. The quantitative estimate of drug-likeness (QED) is 0.429. The highest BCUT2D eigenvalue weighted by molar-refractivity contribution is 7.99. The molecular weight excluding hydrogens is 468 g/mol. The molecule has 2 aromatic rings. The minimum Gasteiger partial charge on any atom is -0.396 e. The van der Waals surface area contributed by atoms with Crippen molar-refractivity contribution in [2.24, 2.45) is 5.73 Å². The number of benzene rings is 2. The van der Waals surface area contributed by atoms with Gasteiger partial charge < -0.3 is 15.9 Å².